The summed E-state index contributed by atoms with van der Waals surface area (Å²) in [7, 11) is 0. The summed E-state index contributed by atoms with van der Waals surface area (Å²) in [6.07, 6.45) is 1.30. The maximum absolute atomic E-state index is 12.3. The molecular weight excluding hydrogens is 460 g/mol. The second-order valence-electron chi connectivity index (χ2n) is 5.83. The largest absolute Gasteiger partial charge is 0.478 e. The zero-order valence-corrected chi connectivity index (χ0v) is 17.0. The summed E-state index contributed by atoms with van der Waals surface area (Å²) >= 11 is 9.45. The zero-order chi connectivity index (χ0) is 21.0. The number of carbonyl (C=O) groups is 2. The summed E-state index contributed by atoms with van der Waals surface area (Å²) in [6, 6.07) is 16.1. The Morgan fingerprint density at radius 1 is 1.14 bits per heavy atom. The number of anilines is 1. The summed E-state index contributed by atoms with van der Waals surface area (Å²) in [5.74, 6) is -1.11. The molecule has 1 aromatic heterocycles. The van der Waals surface area contributed by atoms with Gasteiger partial charge < -0.3 is 14.8 Å². The first-order valence-electron chi connectivity index (χ1n) is 8.19. The molecule has 2 aromatic carbocycles. The molecule has 0 aliphatic rings. The number of amides is 1. The third-order valence-corrected chi connectivity index (χ3v) is 4.72. The highest BCUT2D eigenvalue weighted by molar-refractivity contribution is 9.10. The third-order valence-electron chi connectivity index (χ3n) is 3.86. The van der Waals surface area contributed by atoms with Crippen molar-refractivity contribution in [2.24, 2.45) is 0 Å². The Morgan fingerprint density at radius 2 is 1.86 bits per heavy atom. The van der Waals surface area contributed by atoms with Crippen LogP contribution in [0.5, 0.6) is 0 Å². The van der Waals surface area contributed by atoms with E-state index in [0.717, 1.165) is 4.47 Å². The molecule has 8 heteroatoms. The molecular formula is C21H12BrClN2O4. The molecule has 0 spiro atoms. The number of aromatic carboxylic acids is 1. The van der Waals surface area contributed by atoms with Gasteiger partial charge in [0.2, 0.25) is 0 Å². The van der Waals surface area contributed by atoms with Crippen LogP contribution in [0.1, 0.15) is 16.1 Å². The number of nitrogens with zero attached hydrogens (tertiary/aromatic N) is 1. The topological polar surface area (TPSA) is 103 Å². The molecule has 2 N–H and O–H groups in total. The first-order chi connectivity index (χ1) is 13.9. The van der Waals surface area contributed by atoms with Crippen molar-refractivity contribution in [2.75, 3.05) is 5.32 Å². The van der Waals surface area contributed by atoms with Crippen LogP contribution in [0.2, 0.25) is 5.02 Å². The average Bonchev–Trinajstić information content (AvgIpc) is 3.16. The minimum absolute atomic E-state index is 0.0597. The molecule has 0 aliphatic carbocycles. The lowest BCUT2D eigenvalue weighted by atomic mass is 10.1. The summed E-state index contributed by atoms with van der Waals surface area (Å²) < 4.78 is 6.50. The van der Waals surface area contributed by atoms with E-state index in [1.807, 2.05) is 6.07 Å². The van der Waals surface area contributed by atoms with Gasteiger partial charge in [-0.15, -0.1) is 0 Å². The lowest BCUT2D eigenvalue weighted by Crippen LogP contribution is -2.13. The number of carboxylic acid groups (broad SMARTS) is 1. The minimum atomic E-state index is -1.09. The van der Waals surface area contributed by atoms with Gasteiger partial charge in [-0.25, -0.2) is 4.79 Å². The first-order valence-corrected chi connectivity index (χ1v) is 9.36. The van der Waals surface area contributed by atoms with Gasteiger partial charge in [-0.1, -0.05) is 27.5 Å². The summed E-state index contributed by atoms with van der Waals surface area (Å²) in [6.45, 7) is 0. The van der Waals surface area contributed by atoms with Crippen LogP contribution in [0.4, 0.5) is 5.69 Å². The molecule has 6 nitrogen and oxygen atoms in total. The maximum Gasteiger partial charge on any atom is 0.335 e. The minimum Gasteiger partial charge on any atom is -0.478 e. The van der Waals surface area contributed by atoms with Crippen molar-refractivity contribution in [3.63, 3.8) is 0 Å². The van der Waals surface area contributed by atoms with E-state index >= 15 is 0 Å². The van der Waals surface area contributed by atoms with Crippen LogP contribution < -0.4 is 5.32 Å². The Labute approximate surface area is 179 Å². The van der Waals surface area contributed by atoms with Crippen LogP contribution >= 0.6 is 27.5 Å². The first kappa shape index (κ1) is 20.4. The molecule has 0 bridgehead atoms. The van der Waals surface area contributed by atoms with Gasteiger partial charge >= 0.3 is 5.97 Å². The molecule has 0 saturated carbocycles. The number of hydrogen-bond acceptors (Lipinski definition) is 4. The van der Waals surface area contributed by atoms with E-state index in [-0.39, 0.29) is 16.9 Å². The van der Waals surface area contributed by atoms with Gasteiger partial charge in [-0.2, -0.15) is 5.26 Å². The van der Waals surface area contributed by atoms with Crippen LogP contribution in [0.15, 0.2) is 69.1 Å². The summed E-state index contributed by atoms with van der Waals surface area (Å²) in [5, 5.41) is 21.4. The fraction of sp³-hybridized carbons (Fsp3) is 0. The SMILES string of the molecule is N#C/C(=C\c1ccc(-c2cc(C(=O)O)ccc2Cl)o1)C(=O)Nc1ccc(Br)cc1. The molecule has 0 aliphatic heterocycles. The van der Waals surface area contributed by atoms with E-state index in [9.17, 15) is 14.9 Å². The second kappa shape index (κ2) is 8.78. The van der Waals surface area contributed by atoms with Crippen molar-refractivity contribution in [1.29, 1.82) is 5.26 Å². The Kier molecular flexibility index (Phi) is 6.17. The van der Waals surface area contributed by atoms with Gasteiger partial charge in [-0.3, -0.25) is 4.79 Å². The highest BCUT2D eigenvalue weighted by atomic mass is 79.9. The average molecular weight is 472 g/mol. The van der Waals surface area contributed by atoms with Crippen LogP contribution in [-0.4, -0.2) is 17.0 Å². The quantitative estimate of drug-likeness (QED) is 0.372. The molecule has 3 rings (SSSR count). The van der Waals surface area contributed by atoms with Crippen LogP contribution in [0.25, 0.3) is 17.4 Å². The Hall–Kier alpha value is -3.34. The number of carbonyl (C=O) groups excluding carboxylic acids is 1. The highest BCUT2D eigenvalue weighted by Crippen LogP contribution is 2.31. The van der Waals surface area contributed by atoms with Crippen LogP contribution in [0.3, 0.4) is 0 Å². The highest BCUT2D eigenvalue weighted by Gasteiger charge is 2.14. The number of rotatable bonds is 5. The van der Waals surface area contributed by atoms with Gasteiger partial charge in [0.05, 0.1) is 10.6 Å². The van der Waals surface area contributed by atoms with E-state index in [4.69, 9.17) is 21.1 Å². The van der Waals surface area contributed by atoms with Crippen LogP contribution in [-0.2, 0) is 4.79 Å². The fourth-order valence-electron chi connectivity index (χ4n) is 2.44. The number of furan rings is 1. The van der Waals surface area contributed by atoms with Crippen molar-refractivity contribution in [2.45, 2.75) is 0 Å². The van der Waals surface area contributed by atoms with Crippen molar-refractivity contribution in [1.82, 2.24) is 0 Å². The number of halogens is 2. The summed E-state index contributed by atoms with van der Waals surface area (Å²) in [4.78, 5) is 23.5. The van der Waals surface area contributed by atoms with Crippen LogP contribution in [0, 0.1) is 11.3 Å². The Bertz CT molecular complexity index is 1160. The monoisotopic (exact) mass is 470 g/mol. The number of hydrogen-bond donors (Lipinski definition) is 2. The van der Waals surface area contributed by atoms with Gasteiger partial charge in [0.15, 0.2) is 0 Å². The summed E-state index contributed by atoms with van der Waals surface area (Å²) in [5.41, 5.74) is 0.837. The molecule has 0 radical (unpaired) electrons. The molecule has 0 saturated heterocycles. The molecule has 1 amide bonds. The van der Waals surface area contributed by atoms with Gasteiger partial charge in [0.25, 0.3) is 5.91 Å². The van der Waals surface area contributed by atoms with Gasteiger partial charge in [-0.05, 0) is 54.6 Å². The van der Waals surface area contributed by atoms with Crippen molar-refractivity contribution in [3.8, 4) is 17.4 Å². The van der Waals surface area contributed by atoms with E-state index < -0.39 is 11.9 Å². The number of benzene rings is 2. The molecule has 144 valence electrons. The van der Waals surface area contributed by atoms with Crippen molar-refractivity contribution >= 4 is 51.2 Å². The molecule has 1 heterocycles. The number of nitriles is 1. The maximum atomic E-state index is 12.3. The van der Waals surface area contributed by atoms with E-state index in [2.05, 4.69) is 21.2 Å². The van der Waals surface area contributed by atoms with E-state index in [1.54, 1.807) is 36.4 Å². The number of nitrogens with one attached hydrogen (secondary N) is 1. The van der Waals surface area contributed by atoms with E-state index in [1.165, 1.54) is 24.3 Å². The lowest BCUT2D eigenvalue weighted by Gasteiger charge is -2.04. The van der Waals surface area contributed by atoms with Crippen molar-refractivity contribution < 1.29 is 19.1 Å². The third kappa shape index (κ3) is 4.93. The van der Waals surface area contributed by atoms with E-state index in [0.29, 0.717) is 22.0 Å². The Balaban J connectivity index is 1.85. The smallest absolute Gasteiger partial charge is 0.335 e. The zero-order valence-electron chi connectivity index (χ0n) is 14.6. The fourth-order valence-corrected chi connectivity index (χ4v) is 2.92. The molecule has 0 unspecified atom stereocenters. The van der Waals surface area contributed by atoms with Gasteiger partial charge in [0, 0.05) is 21.8 Å². The molecule has 0 fully saturated rings. The molecule has 0 atom stereocenters. The predicted molar refractivity (Wildman–Crippen MR) is 112 cm³/mol. The normalized spacial score (nSPS) is 11.0. The van der Waals surface area contributed by atoms with Crippen molar-refractivity contribution in [3.05, 3.63) is 81.0 Å². The molecule has 3 aromatic rings. The second-order valence-corrected chi connectivity index (χ2v) is 7.16. The molecule has 29 heavy (non-hydrogen) atoms. The lowest BCUT2D eigenvalue weighted by molar-refractivity contribution is -0.112. The predicted octanol–water partition coefficient (Wildman–Crippen LogP) is 5.61. The standard InChI is InChI=1S/C21H12BrClN2O4/c22-14-2-4-15(5-3-14)25-20(26)13(11-24)9-16-6-8-19(29-16)17-10-12(21(27)28)1-7-18(17)23/h1-10H,(H,25,26)(H,27,28)/b13-9+. The number of carboxylic acids is 1. The van der Waals surface area contributed by atoms with Gasteiger partial charge in [0.1, 0.15) is 23.2 Å². The Morgan fingerprint density at radius 3 is 2.52 bits per heavy atom.